The summed E-state index contributed by atoms with van der Waals surface area (Å²) in [5.41, 5.74) is 1.05. The van der Waals surface area contributed by atoms with E-state index in [2.05, 4.69) is 12.2 Å². The van der Waals surface area contributed by atoms with Gasteiger partial charge in [-0.15, -0.1) is 0 Å². The van der Waals surface area contributed by atoms with Gasteiger partial charge in [0, 0.05) is 22.7 Å². The minimum atomic E-state index is 0.311. The highest BCUT2D eigenvalue weighted by Crippen LogP contribution is 2.40. The van der Waals surface area contributed by atoms with Crippen molar-refractivity contribution in [1.82, 2.24) is 5.32 Å². The van der Waals surface area contributed by atoms with Crippen LogP contribution in [0.15, 0.2) is 12.1 Å². The number of ether oxygens (including phenoxy) is 1. The molecule has 2 unspecified atom stereocenters. The van der Waals surface area contributed by atoms with Crippen molar-refractivity contribution in [3.8, 4) is 5.75 Å². The topological polar surface area (TPSA) is 21.3 Å². The van der Waals surface area contributed by atoms with Crippen LogP contribution in [-0.4, -0.2) is 13.2 Å². The maximum atomic E-state index is 6.06. The molecule has 0 aliphatic carbocycles. The molecule has 1 saturated heterocycles. The van der Waals surface area contributed by atoms with E-state index >= 15 is 0 Å². The van der Waals surface area contributed by atoms with Gasteiger partial charge in [-0.2, -0.15) is 0 Å². The summed E-state index contributed by atoms with van der Waals surface area (Å²) >= 11 is 12.0. The Bertz CT molecular complexity index is 375. The fraction of sp³-hybridized carbons (Fsp3) is 0.455. The Morgan fingerprint density at radius 1 is 1.40 bits per heavy atom. The van der Waals surface area contributed by atoms with E-state index in [1.54, 1.807) is 13.2 Å². The van der Waals surface area contributed by atoms with E-state index < -0.39 is 0 Å². The number of methoxy groups -OCH3 is 1. The molecular formula is C11H13Cl2NO. The second kappa shape index (κ2) is 4.20. The third-order valence-corrected chi connectivity index (χ3v) is 3.19. The predicted octanol–water partition coefficient (Wildman–Crippen LogP) is 3.42. The lowest BCUT2D eigenvalue weighted by Gasteiger charge is -2.36. The molecule has 2 atom stereocenters. The van der Waals surface area contributed by atoms with Gasteiger partial charge in [-0.1, -0.05) is 23.2 Å². The van der Waals surface area contributed by atoms with Crippen LogP contribution in [0, 0.1) is 0 Å². The Balaban J connectivity index is 2.36. The van der Waals surface area contributed by atoms with Crippen molar-refractivity contribution >= 4 is 23.2 Å². The van der Waals surface area contributed by atoms with Gasteiger partial charge in [-0.25, -0.2) is 0 Å². The first-order chi connectivity index (χ1) is 7.11. The molecule has 2 nitrogen and oxygen atoms in total. The summed E-state index contributed by atoms with van der Waals surface area (Å²) < 4.78 is 5.29. The molecule has 15 heavy (non-hydrogen) atoms. The quantitative estimate of drug-likeness (QED) is 0.863. The van der Waals surface area contributed by atoms with Crippen LogP contribution in [0.1, 0.15) is 24.9 Å². The molecule has 0 amide bonds. The highest BCUT2D eigenvalue weighted by atomic mass is 35.5. The third-order valence-electron chi connectivity index (χ3n) is 2.69. The van der Waals surface area contributed by atoms with Gasteiger partial charge in [0.1, 0.15) is 5.75 Å². The van der Waals surface area contributed by atoms with Gasteiger partial charge >= 0.3 is 0 Å². The van der Waals surface area contributed by atoms with Crippen LogP contribution in [0.4, 0.5) is 0 Å². The first-order valence-corrected chi connectivity index (χ1v) is 5.66. The number of hydrogen-bond donors (Lipinski definition) is 1. The predicted molar refractivity (Wildman–Crippen MR) is 63.0 cm³/mol. The molecule has 1 aliphatic heterocycles. The highest BCUT2D eigenvalue weighted by Gasteiger charge is 2.29. The van der Waals surface area contributed by atoms with Crippen molar-refractivity contribution in [2.24, 2.45) is 0 Å². The minimum absolute atomic E-state index is 0.311. The summed E-state index contributed by atoms with van der Waals surface area (Å²) in [4.78, 5) is 0. The van der Waals surface area contributed by atoms with Gasteiger partial charge < -0.3 is 10.1 Å². The fourth-order valence-electron chi connectivity index (χ4n) is 1.94. The Labute approximate surface area is 99.5 Å². The molecule has 82 valence electrons. The molecule has 0 aromatic heterocycles. The van der Waals surface area contributed by atoms with Crippen molar-refractivity contribution in [2.75, 3.05) is 7.11 Å². The molecule has 1 N–H and O–H groups in total. The van der Waals surface area contributed by atoms with Gasteiger partial charge in [-0.05, 0) is 25.5 Å². The van der Waals surface area contributed by atoms with Crippen LogP contribution in [0.5, 0.6) is 5.75 Å². The van der Waals surface area contributed by atoms with Crippen LogP contribution >= 0.6 is 23.2 Å². The summed E-state index contributed by atoms with van der Waals surface area (Å²) in [6.45, 7) is 2.15. The molecule has 0 spiro atoms. The Morgan fingerprint density at radius 3 is 2.60 bits per heavy atom. The van der Waals surface area contributed by atoms with Gasteiger partial charge in [0.05, 0.1) is 12.1 Å². The lowest BCUT2D eigenvalue weighted by atomic mass is 9.91. The maximum Gasteiger partial charge on any atom is 0.142 e. The normalized spacial score (nSPS) is 24.8. The number of rotatable bonds is 2. The molecule has 1 aromatic rings. The summed E-state index contributed by atoms with van der Waals surface area (Å²) in [6, 6.07) is 4.48. The van der Waals surface area contributed by atoms with Crippen LogP contribution in [0.2, 0.25) is 10.0 Å². The van der Waals surface area contributed by atoms with Crippen LogP contribution in [-0.2, 0) is 0 Å². The largest absolute Gasteiger partial charge is 0.495 e. The van der Waals surface area contributed by atoms with Crippen molar-refractivity contribution < 1.29 is 4.74 Å². The van der Waals surface area contributed by atoms with E-state index in [9.17, 15) is 0 Å². The van der Waals surface area contributed by atoms with E-state index in [-0.39, 0.29) is 0 Å². The zero-order valence-corrected chi connectivity index (χ0v) is 10.2. The molecule has 4 heteroatoms. The van der Waals surface area contributed by atoms with Crippen LogP contribution < -0.4 is 10.1 Å². The first-order valence-electron chi connectivity index (χ1n) is 4.90. The van der Waals surface area contributed by atoms with E-state index in [4.69, 9.17) is 27.9 Å². The van der Waals surface area contributed by atoms with Crippen LogP contribution in [0.25, 0.3) is 0 Å². The molecule has 0 bridgehead atoms. The Morgan fingerprint density at radius 2 is 2.07 bits per heavy atom. The second-order valence-corrected chi connectivity index (χ2v) is 4.71. The van der Waals surface area contributed by atoms with Gasteiger partial charge in [0.25, 0.3) is 0 Å². The molecule has 0 saturated carbocycles. The van der Waals surface area contributed by atoms with Crippen molar-refractivity contribution in [3.63, 3.8) is 0 Å². The monoisotopic (exact) mass is 245 g/mol. The minimum Gasteiger partial charge on any atom is -0.495 e. The third kappa shape index (κ3) is 2.07. The van der Waals surface area contributed by atoms with Crippen molar-refractivity contribution in [1.29, 1.82) is 0 Å². The average Bonchev–Trinajstić information content (AvgIpc) is 2.12. The van der Waals surface area contributed by atoms with E-state index in [0.29, 0.717) is 22.1 Å². The molecular weight excluding hydrogens is 233 g/mol. The Kier molecular flexibility index (Phi) is 3.10. The van der Waals surface area contributed by atoms with Gasteiger partial charge in [-0.3, -0.25) is 0 Å². The molecule has 0 radical (unpaired) electrons. The molecule has 1 heterocycles. The smallest absolute Gasteiger partial charge is 0.142 e. The average molecular weight is 246 g/mol. The highest BCUT2D eigenvalue weighted by molar-refractivity contribution is 6.35. The molecule has 1 aromatic carbocycles. The number of halogens is 2. The van der Waals surface area contributed by atoms with Gasteiger partial charge in [0.15, 0.2) is 0 Å². The van der Waals surface area contributed by atoms with E-state index in [1.165, 1.54) is 0 Å². The summed E-state index contributed by atoms with van der Waals surface area (Å²) in [7, 11) is 1.63. The summed E-state index contributed by atoms with van der Waals surface area (Å²) in [6.07, 6.45) is 1.09. The summed E-state index contributed by atoms with van der Waals surface area (Å²) in [5.74, 6) is 0.727. The zero-order chi connectivity index (χ0) is 11.0. The maximum absolute atomic E-state index is 6.06. The van der Waals surface area contributed by atoms with E-state index in [0.717, 1.165) is 17.7 Å². The number of benzene rings is 1. The fourth-order valence-corrected chi connectivity index (χ4v) is 2.53. The first kappa shape index (κ1) is 11.1. The van der Waals surface area contributed by atoms with E-state index in [1.807, 2.05) is 6.07 Å². The van der Waals surface area contributed by atoms with Crippen molar-refractivity contribution in [3.05, 3.63) is 27.7 Å². The SMILES string of the molecule is COc1c(Cl)cc(Cl)cc1C1CC(C)N1. The van der Waals surface area contributed by atoms with Crippen LogP contribution in [0.3, 0.4) is 0 Å². The van der Waals surface area contributed by atoms with Gasteiger partial charge in [0.2, 0.25) is 0 Å². The lowest BCUT2D eigenvalue weighted by Crippen LogP contribution is -2.43. The second-order valence-electron chi connectivity index (χ2n) is 3.87. The molecule has 1 fully saturated rings. The van der Waals surface area contributed by atoms with Crippen molar-refractivity contribution in [2.45, 2.75) is 25.4 Å². The lowest BCUT2D eigenvalue weighted by molar-refractivity contribution is 0.278. The zero-order valence-electron chi connectivity index (χ0n) is 8.68. The molecule has 1 aliphatic rings. The molecule has 2 rings (SSSR count). The number of nitrogens with one attached hydrogen (secondary N) is 1. The number of hydrogen-bond acceptors (Lipinski definition) is 2. The Hall–Kier alpha value is -0.440. The standard InChI is InChI=1S/C11H13Cl2NO/c1-6-3-10(14-6)8-4-7(12)5-9(13)11(8)15-2/h4-6,10,14H,3H2,1-2H3. The summed E-state index contributed by atoms with van der Waals surface area (Å²) in [5, 5.41) is 4.61.